The molecule has 12 heteroatoms. The molecule has 0 aromatic heterocycles. The molecule has 0 bridgehead atoms. The number of ketones is 1. The molecule has 0 radical (unpaired) electrons. The SMILES string of the molecule is CC.CC(=O)/C(=C\N(C)C1=C(C)SC(CCN(C)CC(O)c2ccc(Cl)c(N)c2)CC1C)C(=O)NN.CO.C\C=C/C(C)=C\C=C\Cl. The van der Waals surface area contributed by atoms with Gasteiger partial charge < -0.3 is 25.7 Å². The van der Waals surface area contributed by atoms with Gasteiger partial charge in [-0.1, -0.05) is 79.9 Å². The normalized spacial score (nSPS) is 17.3. The number of anilines is 1. The zero-order valence-electron chi connectivity index (χ0n) is 29.7. The predicted molar refractivity (Wildman–Crippen MR) is 203 cm³/mol. The van der Waals surface area contributed by atoms with Gasteiger partial charge in [-0.05, 0) is 77.7 Å². The minimum absolute atomic E-state index is 0.0206. The van der Waals surface area contributed by atoms with Gasteiger partial charge in [0, 0.05) is 48.3 Å². The van der Waals surface area contributed by atoms with Gasteiger partial charge in [-0.15, -0.1) is 11.8 Å². The quantitative estimate of drug-likeness (QED) is 0.0227. The van der Waals surface area contributed by atoms with Crippen LogP contribution in [0.3, 0.4) is 0 Å². The van der Waals surface area contributed by atoms with Crippen molar-refractivity contribution in [2.45, 2.75) is 72.7 Å². The Balaban J connectivity index is 0. The summed E-state index contributed by atoms with van der Waals surface area (Å²) < 4.78 is 0. The number of amides is 1. The van der Waals surface area contributed by atoms with Gasteiger partial charge in [-0.2, -0.15) is 0 Å². The lowest BCUT2D eigenvalue weighted by molar-refractivity contribution is -0.121. The van der Waals surface area contributed by atoms with E-state index in [9.17, 15) is 14.7 Å². The van der Waals surface area contributed by atoms with Crippen LogP contribution in [0.5, 0.6) is 0 Å². The standard InChI is InChI=1S/C24H36ClN5O3S.C8H11Cl.C2H6.CH4O/c1-14-10-18(8-9-29(4)13-22(32)17-6-7-20(25)21(26)11-17)34-16(3)23(14)30(5)12-19(15(2)31)24(33)28-27;1-3-5-8(2)6-4-7-9;2*1-2/h6-7,11-12,14,18,22,32H,8-10,13,26-27H2,1-5H3,(H,28,33);3-7H,1-2H3;1-2H3;2H,1H3/b19-12+;5-3-,7-4+,8-6-;;. The number of halogens is 2. The average Bonchev–Trinajstić information content (AvgIpc) is 3.04. The second kappa shape index (κ2) is 26.4. The first kappa shape index (κ1) is 46.5. The van der Waals surface area contributed by atoms with Crippen LogP contribution in [0.2, 0.25) is 5.02 Å². The van der Waals surface area contributed by atoms with Crippen LogP contribution in [0, 0.1) is 5.92 Å². The van der Waals surface area contributed by atoms with Crippen molar-refractivity contribution in [2.24, 2.45) is 11.8 Å². The smallest absolute Gasteiger partial charge is 0.270 e. The van der Waals surface area contributed by atoms with Gasteiger partial charge in [0.25, 0.3) is 5.91 Å². The summed E-state index contributed by atoms with van der Waals surface area (Å²) in [6, 6.07) is 5.22. The third kappa shape index (κ3) is 18.0. The van der Waals surface area contributed by atoms with Crippen LogP contribution < -0.4 is 17.0 Å². The molecule has 266 valence electrons. The Bertz CT molecular complexity index is 1250. The monoisotopic (exact) mass is 713 g/mol. The molecule has 1 aromatic carbocycles. The first-order chi connectivity index (χ1) is 22.2. The second-order valence-electron chi connectivity index (χ2n) is 10.6. The zero-order valence-corrected chi connectivity index (χ0v) is 32.0. The number of aliphatic hydroxyl groups excluding tert-OH is 2. The van der Waals surface area contributed by atoms with Crippen LogP contribution in [-0.2, 0) is 9.59 Å². The minimum Gasteiger partial charge on any atom is -0.400 e. The molecule has 0 spiro atoms. The first-order valence-electron chi connectivity index (χ1n) is 15.5. The van der Waals surface area contributed by atoms with Crippen molar-refractivity contribution < 1.29 is 19.8 Å². The van der Waals surface area contributed by atoms with Crippen molar-refractivity contribution >= 4 is 52.3 Å². The lowest BCUT2D eigenvalue weighted by atomic mass is 9.97. The van der Waals surface area contributed by atoms with Crippen molar-refractivity contribution in [1.29, 1.82) is 0 Å². The molecule has 0 saturated heterocycles. The van der Waals surface area contributed by atoms with Crippen molar-refractivity contribution in [1.82, 2.24) is 15.2 Å². The summed E-state index contributed by atoms with van der Waals surface area (Å²) >= 11 is 13.1. The van der Waals surface area contributed by atoms with Crippen LogP contribution in [0.25, 0.3) is 0 Å². The van der Waals surface area contributed by atoms with Crippen molar-refractivity contribution in [3.8, 4) is 0 Å². The van der Waals surface area contributed by atoms with E-state index in [0.717, 1.165) is 42.7 Å². The Labute approximate surface area is 297 Å². The van der Waals surface area contributed by atoms with Gasteiger partial charge >= 0.3 is 0 Å². The van der Waals surface area contributed by atoms with E-state index >= 15 is 0 Å². The summed E-state index contributed by atoms with van der Waals surface area (Å²) in [5.74, 6) is 4.53. The highest BCUT2D eigenvalue weighted by atomic mass is 35.5. The largest absolute Gasteiger partial charge is 0.400 e. The van der Waals surface area contributed by atoms with Gasteiger partial charge in [0.05, 0.1) is 22.4 Å². The number of nitrogen functional groups attached to an aromatic ring is 1. The highest BCUT2D eigenvalue weighted by Crippen LogP contribution is 2.41. The molecule has 3 atom stereocenters. The van der Waals surface area contributed by atoms with Gasteiger partial charge in [0.15, 0.2) is 5.78 Å². The van der Waals surface area contributed by atoms with Gasteiger partial charge in [0.2, 0.25) is 0 Å². The topological polar surface area (TPSA) is 145 Å². The number of nitrogens with one attached hydrogen (secondary N) is 1. The van der Waals surface area contributed by atoms with Crippen LogP contribution >= 0.6 is 35.0 Å². The summed E-state index contributed by atoms with van der Waals surface area (Å²) in [4.78, 5) is 28.9. The number of Topliss-reactive ketones (excluding diaryl/α,β-unsaturated/α-hetero) is 1. The molecule has 2 rings (SSSR count). The molecule has 0 fully saturated rings. The molecule has 1 aliphatic heterocycles. The van der Waals surface area contributed by atoms with E-state index in [-0.39, 0.29) is 17.3 Å². The number of carbonyl (C=O) groups is 2. The average molecular weight is 715 g/mol. The Kier molecular flexibility index (Phi) is 26.1. The molecule has 0 saturated carbocycles. The second-order valence-corrected chi connectivity index (χ2v) is 12.8. The van der Waals surface area contributed by atoms with Crippen molar-refractivity contribution in [3.05, 3.63) is 86.6 Å². The lowest BCUT2D eigenvalue weighted by Crippen LogP contribution is -2.35. The van der Waals surface area contributed by atoms with E-state index in [4.69, 9.17) is 39.9 Å². The fourth-order valence-electron chi connectivity index (χ4n) is 4.77. The zero-order chi connectivity index (χ0) is 36.7. The van der Waals surface area contributed by atoms with E-state index in [0.29, 0.717) is 22.5 Å². The maximum absolute atomic E-state index is 11.9. The fourth-order valence-corrected chi connectivity index (χ4v) is 6.53. The number of hydrazine groups is 1. The molecule has 47 heavy (non-hydrogen) atoms. The Morgan fingerprint density at radius 2 is 1.83 bits per heavy atom. The van der Waals surface area contributed by atoms with E-state index in [1.54, 1.807) is 30.5 Å². The number of hydrogen-bond acceptors (Lipinski definition) is 9. The van der Waals surface area contributed by atoms with Gasteiger partial charge in [-0.25, -0.2) is 5.84 Å². The number of carbonyl (C=O) groups excluding carboxylic acids is 2. The van der Waals surface area contributed by atoms with E-state index in [2.05, 4.69) is 18.7 Å². The Morgan fingerprint density at radius 3 is 2.32 bits per heavy atom. The predicted octanol–water partition coefficient (Wildman–Crippen LogP) is 6.94. The maximum Gasteiger partial charge on any atom is 0.270 e. The molecular weight excluding hydrogens is 657 g/mol. The molecule has 1 aliphatic rings. The van der Waals surface area contributed by atoms with E-state index < -0.39 is 12.0 Å². The molecule has 1 heterocycles. The highest BCUT2D eigenvalue weighted by Gasteiger charge is 2.28. The summed E-state index contributed by atoms with van der Waals surface area (Å²) in [7, 11) is 4.85. The third-order valence-electron chi connectivity index (χ3n) is 6.83. The summed E-state index contributed by atoms with van der Waals surface area (Å²) in [5, 5.41) is 18.5. The Hall–Kier alpha value is -2.57. The minimum atomic E-state index is -0.641. The van der Waals surface area contributed by atoms with Crippen molar-refractivity contribution in [2.75, 3.05) is 40.0 Å². The summed E-state index contributed by atoms with van der Waals surface area (Å²) in [5.41, 5.74) is 12.9. The molecule has 1 amide bonds. The number of nitrogens with two attached hydrogens (primary N) is 2. The van der Waals surface area contributed by atoms with Crippen molar-refractivity contribution in [3.63, 3.8) is 0 Å². The maximum atomic E-state index is 11.9. The lowest BCUT2D eigenvalue weighted by Gasteiger charge is -2.35. The number of allylic oxidation sites excluding steroid dienone is 7. The van der Waals surface area contributed by atoms with Crippen LogP contribution in [-0.4, -0.2) is 71.2 Å². The molecule has 3 unspecified atom stereocenters. The summed E-state index contributed by atoms with van der Waals surface area (Å²) in [6.45, 7) is 14.9. The first-order valence-corrected chi connectivity index (χ1v) is 17.2. The number of aliphatic hydroxyl groups is 2. The fraction of sp³-hybridized carbons (Fsp3) is 0.486. The van der Waals surface area contributed by atoms with Crippen LogP contribution in [0.1, 0.15) is 73.0 Å². The number of benzene rings is 1. The Morgan fingerprint density at radius 1 is 1.21 bits per heavy atom. The van der Waals surface area contributed by atoms with Crippen LogP contribution in [0.15, 0.2) is 76.0 Å². The summed E-state index contributed by atoms with van der Waals surface area (Å²) in [6.07, 6.45) is 10.6. The van der Waals surface area contributed by atoms with Crippen LogP contribution in [0.4, 0.5) is 5.69 Å². The highest BCUT2D eigenvalue weighted by molar-refractivity contribution is 8.03. The number of likely N-dealkylation sites (N-methyl/N-ethyl adjacent to an activating group) is 1. The van der Waals surface area contributed by atoms with Gasteiger partial charge in [-0.3, -0.25) is 15.0 Å². The number of rotatable bonds is 12. The third-order valence-corrected chi connectivity index (χ3v) is 8.64. The molecule has 9 nitrogen and oxygen atoms in total. The number of hydrogen-bond donors (Lipinski definition) is 5. The molecule has 7 N–H and O–H groups in total. The van der Waals surface area contributed by atoms with Gasteiger partial charge in [0.1, 0.15) is 0 Å². The van der Waals surface area contributed by atoms with E-state index in [1.165, 1.54) is 18.0 Å². The molecule has 1 aromatic rings. The number of nitrogens with zero attached hydrogens (tertiary/aromatic N) is 2. The number of thioether (sulfide) groups is 1. The molecular formula is C35H57Cl2N5O4S. The van der Waals surface area contributed by atoms with E-state index in [1.807, 2.05) is 82.1 Å². The molecule has 0 aliphatic carbocycles.